The number of imide groups is 1. The quantitative estimate of drug-likeness (QED) is 0.321. The van der Waals surface area contributed by atoms with Crippen molar-refractivity contribution in [3.8, 4) is 5.75 Å². The molecule has 5 rings (SSSR count). The number of ether oxygens (including phenoxy) is 1. The number of carbonyl (C=O) groups is 3. The van der Waals surface area contributed by atoms with Gasteiger partial charge >= 0.3 is 17.6 Å². The normalized spacial score (nSPS) is 16.3. The van der Waals surface area contributed by atoms with Crippen LogP contribution in [0.5, 0.6) is 5.75 Å². The first-order valence-corrected chi connectivity index (χ1v) is 12.0. The Morgan fingerprint density at radius 2 is 1.76 bits per heavy atom. The second-order valence-electron chi connectivity index (χ2n) is 8.44. The largest absolute Gasteiger partial charge is 0.446 e. The van der Waals surface area contributed by atoms with E-state index in [1.807, 2.05) is 0 Å². The molecular weight excluding hydrogens is 509 g/mol. The smallest absolute Gasteiger partial charge is 0.410 e. The maximum atomic E-state index is 13.4. The predicted molar refractivity (Wildman–Crippen MR) is 129 cm³/mol. The van der Waals surface area contributed by atoms with E-state index in [1.165, 1.54) is 41.6 Å². The molecule has 0 unspecified atom stereocenters. The SMILES string of the molecule is O=C(Nc1cnccc1CN1C(=O)N(c2ccc(SC(F)(F)F)cc2)C(=O)C12CC2)Oc1ccccc1. The molecule has 8 nitrogen and oxygen atoms in total. The number of benzene rings is 2. The van der Waals surface area contributed by atoms with E-state index >= 15 is 0 Å². The number of alkyl halides is 3. The summed E-state index contributed by atoms with van der Waals surface area (Å²) in [6.07, 6.45) is 3.08. The number of para-hydroxylation sites is 1. The molecule has 2 fully saturated rings. The third-order valence-electron chi connectivity index (χ3n) is 6.02. The molecule has 1 aliphatic carbocycles. The van der Waals surface area contributed by atoms with Gasteiger partial charge in [-0.1, -0.05) is 18.2 Å². The Kier molecular flexibility index (Phi) is 6.28. The number of anilines is 2. The zero-order valence-electron chi connectivity index (χ0n) is 19.1. The van der Waals surface area contributed by atoms with E-state index in [-0.39, 0.29) is 28.9 Å². The molecule has 2 aliphatic rings. The van der Waals surface area contributed by atoms with Crippen LogP contribution < -0.4 is 15.0 Å². The highest BCUT2D eigenvalue weighted by Gasteiger charge is 2.65. The highest BCUT2D eigenvalue weighted by atomic mass is 32.2. The molecular formula is C25H19F3N4O4S. The third-order valence-corrected chi connectivity index (χ3v) is 6.76. The van der Waals surface area contributed by atoms with Crippen molar-refractivity contribution in [3.05, 3.63) is 78.6 Å². The number of aromatic nitrogens is 1. The first kappa shape index (κ1) is 24.6. The number of hydrogen-bond acceptors (Lipinski definition) is 6. The summed E-state index contributed by atoms with van der Waals surface area (Å²) in [5, 5.41) is 2.62. The van der Waals surface area contributed by atoms with Gasteiger partial charge in [0.1, 0.15) is 11.3 Å². The maximum absolute atomic E-state index is 13.4. The van der Waals surface area contributed by atoms with E-state index in [0.717, 1.165) is 4.90 Å². The van der Waals surface area contributed by atoms with Crippen LogP contribution in [0.1, 0.15) is 18.4 Å². The summed E-state index contributed by atoms with van der Waals surface area (Å²) in [5.74, 6) is -0.0845. The molecule has 1 N–H and O–H groups in total. The highest BCUT2D eigenvalue weighted by Crippen LogP contribution is 2.50. The van der Waals surface area contributed by atoms with Gasteiger partial charge < -0.3 is 9.64 Å². The monoisotopic (exact) mass is 528 g/mol. The number of rotatable bonds is 6. The molecule has 1 aromatic heterocycles. The van der Waals surface area contributed by atoms with Crippen molar-refractivity contribution >= 4 is 41.2 Å². The van der Waals surface area contributed by atoms with Gasteiger partial charge in [-0.3, -0.25) is 15.1 Å². The Balaban J connectivity index is 1.34. The number of pyridine rings is 1. The lowest BCUT2D eigenvalue weighted by atomic mass is 10.1. The van der Waals surface area contributed by atoms with Gasteiger partial charge in [-0.25, -0.2) is 14.5 Å². The van der Waals surface area contributed by atoms with Gasteiger partial charge in [-0.05, 0) is 72.6 Å². The van der Waals surface area contributed by atoms with Gasteiger partial charge in [0.2, 0.25) is 0 Å². The number of hydrogen-bond donors (Lipinski definition) is 1. The Labute approximate surface area is 213 Å². The standard InChI is InChI=1S/C25H19F3N4O4S/c26-25(27,28)37-19-8-6-17(7-9-19)32-21(33)24(11-12-24)31(23(32)35)15-16-10-13-29-14-20(16)30-22(34)36-18-4-2-1-3-5-18/h1-10,13-14H,11-12,15H2,(H,30,34). The molecule has 4 amide bonds. The fourth-order valence-corrected chi connectivity index (χ4v) is 4.67. The van der Waals surface area contributed by atoms with Gasteiger partial charge in [0.05, 0.1) is 24.1 Å². The molecule has 2 heterocycles. The van der Waals surface area contributed by atoms with Crippen LogP contribution in [0.4, 0.5) is 34.1 Å². The zero-order valence-corrected chi connectivity index (χ0v) is 19.9. The Hall–Kier alpha value is -4.06. The molecule has 37 heavy (non-hydrogen) atoms. The molecule has 190 valence electrons. The number of thioether (sulfide) groups is 1. The number of nitrogens with one attached hydrogen (secondary N) is 1. The molecule has 1 saturated heterocycles. The van der Waals surface area contributed by atoms with Gasteiger partial charge in [0.15, 0.2) is 0 Å². The topological polar surface area (TPSA) is 91.8 Å². The molecule has 1 saturated carbocycles. The van der Waals surface area contributed by atoms with Crippen molar-refractivity contribution < 1.29 is 32.3 Å². The van der Waals surface area contributed by atoms with Crippen molar-refractivity contribution in [2.24, 2.45) is 0 Å². The van der Waals surface area contributed by atoms with Crippen molar-refractivity contribution in [1.82, 2.24) is 9.88 Å². The first-order valence-electron chi connectivity index (χ1n) is 11.1. The summed E-state index contributed by atoms with van der Waals surface area (Å²) < 4.78 is 43.2. The lowest BCUT2D eigenvalue weighted by molar-refractivity contribution is -0.120. The molecule has 0 atom stereocenters. The van der Waals surface area contributed by atoms with Gasteiger partial charge in [-0.2, -0.15) is 13.2 Å². The fourth-order valence-electron chi connectivity index (χ4n) is 4.14. The van der Waals surface area contributed by atoms with E-state index in [0.29, 0.717) is 29.8 Å². The Morgan fingerprint density at radius 3 is 2.41 bits per heavy atom. The van der Waals surface area contributed by atoms with Crippen LogP contribution in [-0.4, -0.2) is 39.0 Å². The molecule has 1 aliphatic heterocycles. The number of nitrogens with zero attached hydrogens (tertiary/aromatic N) is 3. The van der Waals surface area contributed by atoms with Crippen LogP contribution in [0.15, 0.2) is 78.0 Å². The number of halogens is 3. The minimum atomic E-state index is -4.44. The summed E-state index contributed by atoms with van der Waals surface area (Å²) in [6.45, 7) is 0.00650. The summed E-state index contributed by atoms with van der Waals surface area (Å²) >= 11 is -0.275. The third kappa shape index (κ3) is 5.10. The summed E-state index contributed by atoms with van der Waals surface area (Å²) in [4.78, 5) is 45.4. The highest BCUT2D eigenvalue weighted by molar-refractivity contribution is 8.00. The Bertz CT molecular complexity index is 1350. The van der Waals surface area contributed by atoms with Crippen LogP contribution in [0.2, 0.25) is 0 Å². The lowest BCUT2D eigenvalue weighted by Gasteiger charge is -2.22. The summed E-state index contributed by atoms with van der Waals surface area (Å²) in [5.41, 5.74) is -4.44. The van der Waals surface area contributed by atoms with E-state index < -0.39 is 29.1 Å². The molecule has 2 aromatic carbocycles. The molecule has 12 heteroatoms. The number of carbonyl (C=O) groups excluding carboxylic acids is 3. The van der Waals surface area contributed by atoms with Crippen molar-refractivity contribution in [2.45, 2.75) is 35.3 Å². The second-order valence-corrected chi connectivity index (χ2v) is 9.58. The Morgan fingerprint density at radius 1 is 1.05 bits per heavy atom. The summed E-state index contributed by atoms with van der Waals surface area (Å²) in [6, 6.07) is 14.6. The maximum Gasteiger partial charge on any atom is 0.446 e. The molecule has 3 aromatic rings. The van der Waals surface area contributed by atoms with E-state index in [1.54, 1.807) is 36.4 Å². The molecule has 1 spiro atoms. The first-order chi connectivity index (χ1) is 17.7. The van der Waals surface area contributed by atoms with Gasteiger partial charge in [0.25, 0.3) is 5.91 Å². The van der Waals surface area contributed by atoms with E-state index in [4.69, 9.17) is 4.74 Å². The van der Waals surface area contributed by atoms with Crippen molar-refractivity contribution in [1.29, 1.82) is 0 Å². The van der Waals surface area contributed by atoms with E-state index in [2.05, 4.69) is 10.3 Å². The van der Waals surface area contributed by atoms with Crippen LogP contribution in [0.3, 0.4) is 0 Å². The van der Waals surface area contributed by atoms with E-state index in [9.17, 15) is 27.6 Å². The van der Waals surface area contributed by atoms with Crippen molar-refractivity contribution in [3.63, 3.8) is 0 Å². The van der Waals surface area contributed by atoms with Gasteiger partial charge in [-0.15, -0.1) is 0 Å². The van der Waals surface area contributed by atoms with Crippen LogP contribution in [-0.2, 0) is 11.3 Å². The molecule has 0 bridgehead atoms. The number of amides is 4. The van der Waals surface area contributed by atoms with Gasteiger partial charge in [0, 0.05) is 11.1 Å². The zero-order chi connectivity index (χ0) is 26.2. The average Bonchev–Trinajstić information content (AvgIpc) is 3.63. The fraction of sp³-hybridized carbons (Fsp3) is 0.200. The van der Waals surface area contributed by atoms with Crippen LogP contribution in [0, 0.1) is 0 Å². The summed E-state index contributed by atoms with van der Waals surface area (Å²) in [7, 11) is 0. The number of urea groups is 1. The predicted octanol–water partition coefficient (Wildman–Crippen LogP) is 5.81. The average molecular weight is 529 g/mol. The lowest BCUT2D eigenvalue weighted by Crippen LogP contribution is -2.36. The van der Waals surface area contributed by atoms with Crippen molar-refractivity contribution in [2.75, 3.05) is 10.2 Å². The van der Waals surface area contributed by atoms with Crippen LogP contribution >= 0.6 is 11.8 Å². The minimum Gasteiger partial charge on any atom is -0.410 e. The second kappa shape index (κ2) is 9.43. The minimum absolute atomic E-state index is 0.00650. The van der Waals surface area contributed by atoms with Crippen LogP contribution in [0.25, 0.3) is 0 Å². The molecule has 0 radical (unpaired) electrons.